The van der Waals surface area contributed by atoms with Crippen LogP contribution in [-0.2, 0) is 4.74 Å². The maximum Gasteiger partial charge on any atom is 0.119 e. The molecule has 1 aliphatic carbocycles. The van der Waals surface area contributed by atoms with Crippen molar-refractivity contribution in [1.82, 2.24) is 0 Å². The second-order valence-electron chi connectivity index (χ2n) is 4.54. The molecule has 2 heteroatoms. The molecule has 3 rings (SSSR count). The Morgan fingerprint density at radius 1 is 1.00 bits per heavy atom. The van der Waals surface area contributed by atoms with Gasteiger partial charge >= 0.3 is 0 Å². The normalized spacial score (nSPS) is 17.2. The third-order valence-electron chi connectivity index (χ3n) is 3.37. The van der Waals surface area contributed by atoms with Gasteiger partial charge in [-0.3, -0.25) is 0 Å². The van der Waals surface area contributed by atoms with Gasteiger partial charge in [0.25, 0.3) is 0 Å². The summed E-state index contributed by atoms with van der Waals surface area (Å²) in [5, 5.41) is 0.735. The highest BCUT2D eigenvalue weighted by Gasteiger charge is 2.23. The van der Waals surface area contributed by atoms with Crippen LogP contribution in [-0.4, -0.2) is 6.61 Å². The fourth-order valence-corrected chi connectivity index (χ4v) is 2.85. The van der Waals surface area contributed by atoms with E-state index in [0.29, 0.717) is 6.61 Å². The Morgan fingerprint density at radius 3 is 2.47 bits per heavy atom. The van der Waals surface area contributed by atoms with Crippen LogP contribution in [0.1, 0.15) is 24.2 Å². The van der Waals surface area contributed by atoms with Gasteiger partial charge in [-0.15, -0.1) is 0 Å². The van der Waals surface area contributed by atoms with Crippen LogP contribution in [0.3, 0.4) is 0 Å². The van der Waals surface area contributed by atoms with Crippen molar-refractivity contribution in [2.24, 2.45) is 0 Å². The smallest absolute Gasteiger partial charge is 0.119 e. The molecule has 0 amide bonds. The average molecular weight is 271 g/mol. The van der Waals surface area contributed by atoms with Crippen LogP contribution in [0.25, 0.3) is 17.2 Å². The quantitative estimate of drug-likeness (QED) is 0.744. The lowest BCUT2D eigenvalue weighted by atomic mass is 9.96. The molecule has 0 aromatic heterocycles. The van der Waals surface area contributed by atoms with E-state index in [-0.39, 0.29) is 6.10 Å². The van der Waals surface area contributed by atoms with E-state index in [2.05, 4.69) is 36.4 Å². The van der Waals surface area contributed by atoms with Gasteiger partial charge in [0.15, 0.2) is 0 Å². The van der Waals surface area contributed by atoms with Crippen molar-refractivity contribution in [1.29, 1.82) is 0 Å². The van der Waals surface area contributed by atoms with Crippen LogP contribution in [0, 0.1) is 0 Å². The molecule has 1 unspecified atom stereocenters. The van der Waals surface area contributed by atoms with Gasteiger partial charge in [-0.2, -0.15) is 0 Å². The first-order valence-corrected chi connectivity index (χ1v) is 6.86. The average Bonchev–Trinajstić information content (AvgIpc) is 2.56. The fourth-order valence-electron chi connectivity index (χ4n) is 2.55. The molecule has 0 spiro atoms. The molecule has 0 saturated heterocycles. The monoisotopic (exact) mass is 270 g/mol. The molecule has 1 aliphatic rings. The highest BCUT2D eigenvalue weighted by Crippen LogP contribution is 2.41. The van der Waals surface area contributed by atoms with Crippen LogP contribution < -0.4 is 0 Å². The lowest BCUT2D eigenvalue weighted by Gasteiger charge is -2.18. The van der Waals surface area contributed by atoms with Crippen LogP contribution >= 0.6 is 11.6 Å². The number of ether oxygens (including phenoxy) is 1. The van der Waals surface area contributed by atoms with Crippen molar-refractivity contribution in [3.8, 4) is 11.1 Å². The molecule has 0 radical (unpaired) electrons. The Bertz CT molecular complexity index is 631. The third-order valence-corrected chi connectivity index (χ3v) is 3.68. The Labute approximate surface area is 118 Å². The summed E-state index contributed by atoms with van der Waals surface area (Å²) in [4.78, 5) is 0. The Hall–Kier alpha value is -1.57. The van der Waals surface area contributed by atoms with E-state index in [0.717, 1.165) is 16.2 Å². The summed E-state index contributed by atoms with van der Waals surface area (Å²) in [6.45, 7) is 2.63. The van der Waals surface area contributed by atoms with Crippen molar-refractivity contribution < 1.29 is 4.74 Å². The molecule has 0 N–H and O–H groups in total. The summed E-state index contributed by atoms with van der Waals surface area (Å²) >= 11 is 6.46. The maximum absolute atomic E-state index is 6.46. The van der Waals surface area contributed by atoms with E-state index in [9.17, 15) is 0 Å². The number of benzene rings is 2. The number of fused-ring (bicyclic) bond motifs is 3. The first-order valence-electron chi connectivity index (χ1n) is 6.48. The highest BCUT2D eigenvalue weighted by molar-refractivity contribution is 6.32. The molecule has 19 heavy (non-hydrogen) atoms. The summed E-state index contributed by atoms with van der Waals surface area (Å²) in [6, 6.07) is 16.6. The summed E-state index contributed by atoms with van der Waals surface area (Å²) < 4.78 is 5.83. The van der Waals surface area contributed by atoms with E-state index in [1.165, 1.54) is 11.1 Å². The second kappa shape index (κ2) is 5.20. The van der Waals surface area contributed by atoms with E-state index in [1.807, 2.05) is 25.1 Å². The largest absolute Gasteiger partial charge is 0.368 e. The summed E-state index contributed by atoms with van der Waals surface area (Å²) in [6.07, 6.45) is 1.84. The minimum absolute atomic E-state index is 0.171. The van der Waals surface area contributed by atoms with Gasteiger partial charge in [-0.25, -0.2) is 0 Å². The van der Waals surface area contributed by atoms with E-state index >= 15 is 0 Å². The van der Waals surface area contributed by atoms with E-state index < -0.39 is 0 Å². The van der Waals surface area contributed by atoms with Crippen LogP contribution in [0.15, 0.2) is 53.6 Å². The molecule has 0 aliphatic heterocycles. The van der Waals surface area contributed by atoms with Gasteiger partial charge < -0.3 is 4.74 Å². The molecule has 2 aromatic carbocycles. The zero-order valence-electron chi connectivity index (χ0n) is 10.8. The lowest BCUT2D eigenvalue weighted by Crippen LogP contribution is -2.04. The van der Waals surface area contributed by atoms with Gasteiger partial charge in [0, 0.05) is 6.61 Å². The minimum atomic E-state index is -0.171. The second-order valence-corrected chi connectivity index (χ2v) is 4.98. The van der Waals surface area contributed by atoms with Gasteiger partial charge in [0.2, 0.25) is 0 Å². The van der Waals surface area contributed by atoms with Gasteiger partial charge in [0.1, 0.15) is 6.10 Å². The number of halogens is 1. The standard InChI is InChI=1S/C17H15ClO/c1-2-19-17-15-10-6-5-9-14(15)13-8-4-3-7-12(13)11-16(17)18/h3-11,17H,2H2,1H3. The van der Waals surface area contributed by atoms with E-state index in [4.69, 9.17) is 16.3 Å². The van der Waals surface area contributed by atoms with Crippen molar-refractivity contribution in [3.05, 3.63) is 64.7 Å². The number of rotatable bonds is 2. The molecule has 0 saturated carbocycles. The van der Waals surface area contributed by atoms with Gasteiger partial charge in [-0.1, -0.05) is 60.1 Å². The maximum atomic E-state index is 6.46. The van der Waals surface area contributed by atoms with Crippen LogP contribution in [0.4, 0.5) is 0 Å². The molecule has 96 valence electrons. The summed E-state index contributed by atoms with van der Waals surface area (Å²) in [5.74, 6) is 0. The van der Waals surface area contributed by atoms with Crippen molar-refractivity contribution in [3.63, 3.8) is 0 Å². The predicted molar refractivity (Wildman–Crippen MR) is 80.1 cm³/mol. The minimum Gasteiger partial charge on any atom is -0.368 e. The molecular formula is C17H15ClO. The lowest BCUT2D eigenvalue weighted by molar-refractivity contribution is 0.0947. The van der Waals surface area contributed by atoms with Gasteiger partial charge in [-0.05, 0) is 35.3 Å². The summed E-state index contributed by atoms with van der Waals surface area (Å²) in [7, 11) is 0. The molecule has 0 heterocycles. The molecular weight excluding hydrogens is 256 g/mol. The molecule has 1 atom stereocenters. The summed E-state index contributed by atoms with van der Waals surface area (Å²) in [5.41, 5.74) is 4.68. The Kier molecular flexibility index (Phi) is 3.41. The number of hydrogen-bond acceptors (Lipinski definition) is 1. The zero-order chi connectivity index (χ0) is 13.2. The third kappa shape index (κ3) is 2.20. The molecule has 2 aromatic rings. The van der Waals surface area contributed by atoms with Crippen LogP contribution in [0.5, 0.6) is 0 Å². The first kappa shape index (κ1) is 12.5. The highest BCUT2D eigenvalue weighted by atomic mass is 35.5. The van der Waals surface area contributed by atoms with Crippen molar-refractivity contribution >= 4 is 17.7 Å². The van der Waals surface area contributed by atoms with Gasteiger partial charge in [0.05, 0.1) is 5.03 Å². The van der Waals surface area contributed by atoms with Crippen LogP contribution in [0.2, 0.25) is 0 Å². The van der Waals surface area contributed by atoms with E-state index in [1.54, 1.807) is 0 Å². The molecule has 1 nitrogen and oxygen atoms in total. The van der Waals surface area contributed by atoms with Crippen molar-refractivity contribution in [2.75, 3.05) is 6.61 Å². The van der Waals surface area contributed by atoms with Crippen molar-refractivity contribution in [2.45, 2.75) is 13.0 Å². The molecule has 0 bridgehead atoms. The molecule has 0 fully saturated rings. The topological polar surface area (TPSA) is 9.23 Å². The Balaban J connectivity index is 2.27. The predicted octanol–water partition coefficient (Wildman–Crippen LogP) is 5.02. The Morgan fingerprint density at radius 2 is 1.68 bits per heavy atom. The first-order chi connectivity index (χ1) is 9.31. The fraction of sp³-hybridized carbons (Fsp3) is 0.176. The SMILES string of the molecule is CCOC1C(Cl)=Cc2ccccc2-c2ccccc21. The zero-order valence-corrected chi connectivity index (χ0v) is 11.5. The number of hydrogen-bond donors (Lipinski definition) is 0.